The van der Waals surface area contributed by atoms with Gasteiger partial charge in [-0.3, -0.25) is 14.5 Å². The van der Waals surface area contributed by atoms with Gasteiger partial charge < -0.3 is 19.9 Å². The summed E-state index contributed by atoms with van der Waals surface area (Å²) in [5, 5.41) is 6.42. The number of hydrogen-bond acceptors (Lipinski definition) is 4. The summed E-state index contributed by atoms with van der Waals surface area (Å²) in [6.07, 6.45) is 2.30. The van der Waals surface area contributed by atoms with Crippen LogP contribution in [-0.4, -0.2) is 47.0 Å². The van der Waals surface area contributed by atoms with E-state index in [0.717, 1.165) is 21.4 Å². The van der Waals surface area contributed by atoms with E-state index in [1.165, 1.54) is 0 Å². The molecular formula is C23H24N4O4. The van der Waals surface area contributed by atoms with Crippen LogP contribution in [0.2, 0.25) is 0 Å². The summed E-state index contributed by atoms with van der Waals surface area (Å²) in [5.41, 5.74) is 2.61. The number of benzene rings is 2. The van der Waals surface area contributed by atoms with E-state index < -0.39 is 18.0 Å². The minimum Gasteiger partial charge on any atom is -0.496 e. The number of aryl methyl sites for hydroxylation is 1. The second kappa shape index (κ2) is 8.51. The summed E-state index contributed by atoms with van der Waals surface area (Å²) in [6.45, 7) is 0.216. The second-order valence-electron chi connectivity index (χ2n) is 7.51. The molecule has 0 aliphatic carbocycles. The van der Waals surface area contributed by atoms with Crippen molar-refractivity contribution in [2.45, 2.75) is 18.9 Å². The summed E-state index contributed by atoms with van der Waals surface area (Å²) in [7, 11) is 3.53. The molecule has 2 aromatic carbocycles. The fourth-order valence-corrected chi connectivity index (χ4v) is 3.83. The number of ether oxygens (including phenoxy) is 1. The van der Waals surface area contributed by atoms with Crippen molar-refractivity contribution in [1.82, 2.24) is 14.8 Å². The molecule has 1 fully saturated rings. The summed E-state index contributed by atoms with van der Waals surface area (Å²) in [6, 6.07) is 13.7. The van der Waals surface area contributed by atoms with Crippen LogP contribution in [0, 0.1) is 0 Å². The summed E-state index contributed by atoms with van der Waals surface area (Å²) >= 11 is 0. The van der Waals surface area contributed by atoms with E-state index in [4.69, 9.17) is 4.74 Å². The first-order valence-electron chi connectivity index (χ1n) is 10.0. The van der Waals surface area contributed by atoms with Crippen LogP contribution in [0.5, 0.6) is 5.75 Å². The molecule has 160 valence electrons. The highest BCUT2D eigenvalue weighted by molar-refractivity contribution is 6.07. The molecule has 2 heterocycles. The zero-order valence-electron chi connectivity index (χ0n) is 17.4. The molecule has 0 saturated carbocycles. The van der Waals surface area contributed by atoms with E-state index in [2.05, 4.69) is 10.6 Å². The van der Waals surface area contributed by atoms with Crippen LogP contribution in [0.25, 0.3) is 10.9 Å². The number of hydrogen-bond donors (Lipinski definition) is 2. The zero-order valence-corrected chi connectivity index (χ0v) is 17.4. The predicted octanol–water partition coefficient (Wildman–Crippen LogP) is 2.68. The van der Waals surface area contributed by atoms with Crippen molar-refractivity contribution in [2.75, 3.05) is 19.0 Å². The molecule has 1 aliphatic rings. The monoisotopic (exact) mass is 420 g/mol. The van der Waals surface area contributed by atoms with Crippen LogP contribution in [-0.2, 0) is 23.1 Å². The van der Waals surface area contributed by atoms with E-state index >= 15 is 0 Å². The Morgan fingerprint density at radius 1 is 1.16 bits per heavy atom. The molecule has 0 unspecified atom stereocenters. The van der Waals surface area contributed by atoms with Gasteiger partial charge in [0.05, 0.1) is 13.5 Å². The van der Waals surface area contributed by atoms with Gasteiger partial charge in [0.2, 0.25) is 5.91 Å². The quantitative estimate of drug-likeness (QED) is 0.575. The Morgan fingerprint density at radius 3 is 2.77 bits per heavy atom. The number of fused-ring (bicyclic) bond motifs is 1. The normalized spacial score (nSPS) is 15.9. The Labute approximate surface area is 179 Å². The molecule has 1 atom stereocenters. The van der Waals surface area contributed by atoms with E-state index in [1.54, 1.807) is 7.11 Å². The van der Waals surface area contributed by atoms with Gasteiger partial charge in [0, 0.05) is 36.4 Å². The van der Waals surface area contributed by atoms with E-state index in [-0.39, 0.29) is 18.9 Å². The average molecular weight is 420 g/mol. The highest BCUT2D eigenvalue weighted by atomic mass is 16.5. The average Bonchev–Trinajstić information content (AvgIpc) is 3.25. The van der Waals surface area contributed by atoms with Gasteiger partial charge in [-0.15, -0.1) is 0 Å². The van der Waals surface area contributed by atoms with Crippen molar-refractivity contribution < 1.29 is 19.1 Å². The first-order chi connectivity index (χ1) is 15.0. The number of rotatable bonds is 7. The molecule has 3 aromatic rings. The molecule has 31 heavy (non-hydrogen) atoms. The number of aromatic nitrogens is 1. The number of methoxy groups -OCH3 is 1. The van der Waals surface area contributed by atoms with Crippen LogP contribution in [0.15, 0.2) is 54.7 Å². The number of para-hydroxylation sites is 1. The molecule has 0 radical (unpaired) electrons. The van der Waals surface area contributed by atoms with Crippen molar-refractivity contribution >= 4 is 34.4 Å². The lowest BCUT2D eigenvalue weighted by molar-refractivity contribution is -0.129. The number of imide groups is 1. The van der Waals surface area contributed by atoms with E-state index in [9.17, 15) is 14.4 Å². The molecule has 1 aromatic heterocycles. The molecule has 0 spiro atoms. The number of anilines is 1. The summed E-state index contributed by atoms with van der Waals surface area (Å²) in [4.78, 5) is 38.6. The first-order valence-corrected chi connectivity index (χ1v) is 10.0. The summed E-state index contributed by atoms with van der Waals surface area (Å²) in [5.74, 6) is -0.0186. The Balaban J connectivity index is 1.36. The van der Waals surface area contributed by atoms with Gasteiger partial charge in [-0.1, -0.05) is 18.2 Å². The van der Waals surface area contributed by atoms with Crippen molar-refractivity contribution in [2.24, 2.45) is 7.05 Å². The maximum atomic E-state index is 12.7. The van der Waals surface area contributed by atoms with Gasteiger partial charge in [0.15, 0.2) is 0 Å². The minimum absolute atomic E-state index is 0.122. The van der Waals surface area contributed by atoms with Crippen LogP contribution >= 0.6 is 0 Å². The highest BCUT2D eigenvalue weighted by Crippen LogP contribution is 2.21. The van der Waals surface area contributed by atoms with Crippen LogP contribution < -0.4 is 15.4 Å². The molecule has 4 rings (SSSR count). The summed E-state index contributed by atoms with van der Waals surface area (Å²) < 4.78 is 7.31. The maximum Gasteiger partial charge on any atom is 0.324 e. The van der Waals surface area contributed by atoms with Crippen LogP contribution in [0.4, 0.5) is 10.5 Å². The van der Waals surface area contributed by atoms with Crippen LogP contribution in [0.3, 0.4) is 0 Å². The van der Waals surface area contributed by atoms with Gasteiger partial charge in [-0.25, -0.2) is 4.79 Å². The molecule has 1 saturated heterocycles. The number of carbonyl (C=O) groups is 3. The number of nitrogens with zero attached hydrogens (tertiary/aromatic N) is 2. The van der Waals surface area contributed by atoms with E-state index in [0.29, 0.717) is 17.9 Å². The van der Waals surface area contributed by atoms with Gasteiger partial charge in [0.25, 0.3) is 5.91 Å². The smallest absolute Gasteiger partial charge is 0.324 e. The van der Waals surface area contributed by atoms with Crippen LogP contribution in [0.1, 0.15) is 12.0 Å². The van der Waals surface area contributed by atoms with Crippen molar-refractivity contribution in [3.63, 3.8) is 0 Å². The topological polar surface area (TPSA) is 92.7 Å². The Kier molecular flexibility index (Phi) is 5.62. The number of amides is 4. The first kappa shape index (κ1) is 20.5. The molecule has 8 heteroatoms. The third-order valence-electron chi connectivity index (χ3n) is 5.46. The number of carbonyl (C=O) groups excluding carboxylic acids is 3. The lowest BCUT2D eigenvalue weighted by Crippen LogP contribution is -2.35. The lowest BCUT2D eigenvalue weighted by Gasteiger charge is -2.14. The Bertz CT molecular complexity index is 1150. The molecule has 4 amide bonds. The third kappa shape index (κ3) is 4.23. The largest absolute Gasteiger partial charge is 0.496 e. The Morgan fingerprint density at radius 2 is 1.97 bits per heavy atom. The standard InChI is InChI=1S/C23H24N4O4/c1-26-11-9-16-13-17(7-8-19(16)26)24-21(28)14-18-22(29)27(23(30)25-18)12-10-15-5-3-4-6-20(15)31-2/h3-9,11,13,18H,10,12,14H2,1-2H3,(H,24,28)(H,25,30)/t18-/m0/s1. The van der Waals surface area contributed by atoms with Crippen molar-refractivity contribution in [3.8, 4) is 5.75 Å². The molecule has 1 aliphatic heterocycles. The fourth-order valence-electron chi connectivity index (χ4n) is 3.83. The highest BCUT2D eigenvalue weighted by Gasteiger charge is 2.38. The predicted molar refractivity (Wildman–Crippen MR) is 117 cm³/mol. The van der Waals surface area contributed by atoms with Gasteiger partial charge in [-0.05, 0) is 42.3 Å². The maximum absolute atomic E-state index is 12.7. The van der Waals surface area contributed by atoms with Gasteiger partial charge >= 0.3 is 6.03 Å². The second-order valence-corrected chi connectivity index (χ2v) is 7.51. The number of urea groups is 1. The zero-order chi connectivity index (χ0) is 22.0. The van der Waals surface area contributed by atoms with Crippen molar-refractivity contribution in [1.29, 1.82) is 0 Å². The van der Waals surface area contributed by atoms with Gasteiger partial charge in [0.1, 0.15) is 11.8 Å². The lowest BCUT2D eigenvalue weighted by atomic mass is 10.1. The number of nitrogens with one attached hydrogen (secondary N) is 2. The van der Waals surface area contributed by atoms with E-state index in [1.807, 2.05) is 66.3 Å². The van der Waals surface area contributed by atoms with Crippen molar-refractivity contribution in [3.05, 3.63) is 60.3 Å². The Hall–Kier alpha value is -3.81. The molecular weight excluding hydrogens is 396 g/mol. The molecule has 2 N–H and O–H groups in total. The third-order valence-corrected chi connectivity index (χ3v) is 5.46. The SMILES string of the molecule is COc1ccccc1CCN1C(=O)N[C@@H](CC(=O)Nc2ccc3c(ccn3C)c2)C1=O. The minimum atomic E-state index is -0.870. The molecule has 0 bridgehead atoms. The van der Waals surface area contributed by atoms with Gasteiger partial charge in [-0.2, -0.15) is 0 Å². The molecule has 8 nitrogen and oxygen atoms in total. The fraction of sp³-hybridized carbons (Fsp3) is 0.261.